The Morgan fingerprint density at radius 2 is 2.31 bits per heavy atom. The first-order chi connectivity index (χ1) is 7.56. The van der Waals surface area contributed by atoms with E-state index in [1.807, 2.05) is 6.07 Å². The highest BCUT2D eigenvalue weighted by atomic mass is 35.5. The maximum Gasteiger partial charge on any atom is 0.0931 e. The number of likely N-dealkylation sites (N-methyl/N-ethyl adjacent to an activating group) is 1. The molecule has 0 spiro atoms. The van der Waals surface area contributed by atoms with Gasteiger partial charge in [-0.1, -0.05) is 11.6 Å². The minimum Gasteiger partial charge on any atom is -0.305 e. The standard InChI is InChI=1S/C12H19ClN2S/c1-8-6-10(7-15(8)3)14-9(2)11-4-5-12(13)16-11/h4-5,8-10,14H,6-7H2,1-3H3. The molecule has 3 atom stereocenters. The van der Waals surface area contributed by atoms with Crippen molar-refractivity contribution in [2.75, 3.05) is 13.6 Å². The zero-order valence-corrected chi connectivity index (χ0v) is 11.6. The predicted molar refractivity (Wildman–Crippen MR) is 71.4 cm³/mol. The van der Waals surface area contributed by atoms with Crippen LogP contribution in [0, 0.1) is 0 Å². The molecule has 0 saturated carbocycles. The van der Waals surface area contributed by atoms with Crippen LogP contribution in [0.1, 0.15) is 31.2 Å². The van der Waals surface area contributed by atoms with Crippen LogP contribution >= 0.6 is 22.9 Å². The van der Waals surface area contributed by atoms with Crippen LogP contribution in [0.4, 0.5) is 0 Å². The Hall–Kier alpha value is -0.0900. The Kier molecular flexibility index (Phi) is 3.90. The van der Waals surface area contributed by atoms with Gasteiger partial charge in [-0.25, -0.2) is 0 Å². The fourth-order valence-electron chi connectivity index (χ4n) is 2.31. The monoisotopic (exact) mass is 258 g/mol. The minimum absolute atomic E-state index is 0.404. The number of nitrogens with zero attached hydrogens (tertiary/aromatic N) is 1. The van der Waals surface area contributed by atoms with Crippen LogP contribution < -0.4 is 5.32 Å². The van der Waals surface area contributed by atoms with E-state index >= 15 is 0 Å². The van der Waals surface area contributed by atoms with Crippen molar-refractivity contribution in [3.8, 4) is 0 Å². The lowest BCUT2D eigenvalue weighted by Crippen LogP contribution is -2.33. The summed E-state index contributed by atoms with van der Waals surface area (Å²) in [7, 11) is 2.19. The second-order valence-electron chi connectivity index (χ2n) is 4.75. The molecule has 1 aromatic rings. The van der Waals surface area contributed by atoms with E-state index in [0.717, 1.165) is 10.9 Å². The molecule has 2 heterocycles. The number of hydrogen-bond acceptors (Lipinski definition) is 3. The molecule has 90 valence electrons. The maximum atomic E-state index is 5.95. The average molecular weight is 259 g/mol. The van der Waals surface area contributed by atoms with E-state index in [-0.39, 0.29) is 0 Å². The lowest BCUT2D eigenvalue weighted by molar-refractivity contribution is 0.325. The second kappa shape index (κ2) is 5.05. The van der Waals surface area contributed by atoms with Crippen molar-refractivity contribution >= 4 is 22.9 Å². The summed E-state index contributed by atoms with van der Waals surface area (Å²) in [5, 5.41) is 3.68. The van der Waals surface area contributed by atoms with Crippen LogP contribution in [0.5, 0.6) is 0 Å². The average Bonchev–Trinajstić information content (AvgIpc) is 2.75. The minimum atomic E-state index is 0.404. The van der Waals surface area contributed by atoms with E-state index in [4.69, 9.17) is 11.6 Å². The van der Waals surface area contributed by atoms with Gasteiger partial charge in [0.1, 0.15) is 0 Å². The second-order valence-corrected chi connectivity index (χ2v) is 6.50. The fraction of sp³-hybridized carbons (Fsp3) is 0.667. The predicted octanol–water partition coefficient (Wildman–Crippen LogP) is 3.14. The van der Waals surface area contributed by atoms with Gasteiger partial charge in [-0.15, -0.1) is 11.3 Å². The first-order valence-corrected chi connectivity index (χ1v) is 6.97. The quantitative estimate of drug-likeness (QED) is 0.896. The van der Waals surface area contributed by atoms with Crippen molar-refractivity contribution in [3.05, 3.63) is 21.3 Å². The van der Waals surface area contributed by atoms with Crippen LogP contribution in [0.15, 0.2) is 12.1 Å². The Morgan fingerprint density at radius 3 is 2.81 bits per heavy atom. The van der Waals surface area contributed by atoms with Gasteiger partial charge < -0.3 is 10.2 Å². The van der Waals surface area contributed by atoms with E-state index in [1.54, 1.807) is 11.3 Å². The highest BCUT2D eigenvalue weighted by Crippen LogP contribution is 2.28. The number of halogens is 1. The molecule has 16 heavy (non-hydrogen) atoms. The summed E-state index contributed by atoms with van der Waals surface area (Å²) in [5.74, 6) is 0. The van der Waals surface area contributed by atoms with E-state index in [2.05, 4.69) is 37.2 Å². The molecule has 2 nitrogen and oxygen atoms in total. The first-order valence-electron chi connectivity index (χ1n) is 5.78. The third-order valence-electron chi connectivity index (χ3n) is 3.39. The molecular formula is C12H19ClN2S. The first kappa shape index (κ1) is 12.4. The molecule has 1 aliphatic heterocycles. The summed E-state index contributed by atoms with van der Waals surface area (Å²) in [4.78, 5) is 3.73. The van der Waals surface area contributed by atoms with E-state index in [9.17, 15) is 0 Å². The Labute approximate surface area is 107 Å². The Balaban J connectivity index is 1.91. The molecule has 1 saturated heterocycles. The molecule has 4 heteroatoms. The molecule has 0 amide bonds. The molecule has 0 aromatic carbocycles. The number of thiophene rings is 1. The molecule has 1 N–H and O–H groups in total. The van der Waals surface area contributed by atoms with Crippen LogP contribution in [0.3, 0.4) is 0 Å². The van der Waals surface area contributed by atoms with Crippen LogP contribution in [-0.4, -0.2) is 30.6 Å². The molecule has 1 aliphatic rings. The van der Waals surface area contributed by atoms with Gasteiger partial charge in [-0.05, 0) is 39.4 Å². The van der Waals surface area contributed by atoms with Gasteiger partial charge in [-0.2, -0.15) is 0 Å². The van der Waals surface area contributed by atoms with E-state index in [1.165, 1.54) is 11.3 Å². The molecular weight excluding hydrogens is 240 g/mol. The van der Waals surface area contributed by atoms with Gasteiger partial charge >= 0.3 is 0 Å². The summed E-state index contributed by atoms with van der Waals surface area (Å²) >= 11 is 7.62. The number of nitrogens with one attached hydrogen (secondary N) is 1. The van der Waals surface area contributed by atoms with Gasteiger partial charge in [0.25, 0.3) is 0 Å². The van der Waals surface area contributed by atoms with Crippen molar-refractivity contribution in [1.29, 1.82) is 0 Å². The third kappa shape index (κ3) is 2.77. The lowest BCUT2D eigenvalue weighted by Gasteiger charge is -2.18. The molecule has 3 unspecified atom stereocenters. The number of rotatable bonds is 3. The SMILES string of the molecule is CC(NC1CC(C)N(C)C1)c1ccc(Cl)s1. The van der Waals surface area contributed by atoms with Gasteiger partial charge in [0.05, 0.1) is 4.34 Å². The van der Waals surface area contributed by atoms with Gasteiger partial charge in [0.15, 0.2) is 0 Å². The van der Waals surface area contributed by atoms with Gasteiger partial charge in [0.2, 0.25) is 0 Å². The molecule has 2 rings (SSSR count). The number of likely N-dealkylation sites (tertiary alicyclic amines) is 1. The largest absolute Gasteiger partial charge is 0.305 e. The summed E-state index contributed by atoms with van der Waals surface area (Å²) in [5.41, 5.74) is 0. The topological polar surface area (TPSA) is 15.3 Å². The zero-order valence-electron chi connectivity index (χ0n) is 10.0. The normalized spacial score (nSPS) is 28.5. The lowest BCUT2D eigenvalue weighted by atomic mass is 10.1. The summed E-state index contributed by atoms with van der Waals surface area (Å²) in [6.45, 7) is 5.64. The summed E-state index contributed by atoms with van der Waals surface area (Å²) < 4.78 is 0.876. The third-order valence-corrected chi connectivity index (χ3v) is 4.81. The molecule has 0 aliphatic carbocycles. The number of hydrogen-bond donors (Lipinski definition) is 1. The van der Waals surface area contributed by atoms with Crippen molar-refractivity contribution in [2.24, 2.45) is 0 Å². The van der Waals surface area contributed by atoms with Gasteiger partial charge in [0, 0.05) is 29.5 Å². The maximum absolute atomic E-state index is 5.95. The van der Waals surface area contributed by atoms with Crippen molar-refractivity contribution in [3.63, 3.8) is 0 Å². The molecule has 0 bridgehead atoms. The van der Waals surface area contributed by atoms with Crippen LogP contribution in [0.25, 0.3) is 0 Å². The Morgan fingerprint density at radius 1 is 1.56 bits per heavy atom. The summed E-state index contributed by atoms with van der Waals surface area (Å²) in [6.07, 6.45) is 1.24. The van der Waals surface area contributed by atoms with Crippen molar-refractivity contribution in [1.82, 2.24) is 10.2 Å². The zero-order chi connectivity index (χ0) is 11.7. The van der Waals surface area contributed by atoms with Crippen LogP contribution in [-0.2, 0) is 0 Å². The van der Waals surface area contributed by atoms with Crippen molar-refractivity contribution in [2.45, 2.75) is 38.4 Å². The summed E-state index contributed by atoms with van der Waals surface area (Å²) in [6, 6.07) is 5.80. The smallest absolute Gasteiger partial charge is 0.0931 e. The highest BCUT2D eigenvalue weighted by molar-refractivity contribution is 7.16. The van der Waals surface area contributed by atoms with Gasteiger partial charge in [-0.3, -0.25) is 0 Å². The van der Waals surface area contributed by atoms with E-state index in [0.29, 0.717) is 18.1 Å². The fourth-order valence-corrected chi connectivity index (χ4v) is 3.38. The molecule has 0 radical (unpaired) electrons. The highest BCUT2D eigenvalue weighted by Gasteiger charge is 2.27. The van der Waals surface area contributed by atoms with Crippen LogP contribution in [0.2, 0.25) is 4.34 Å². The van der Waals surface area contributed by atoms with Crippen molar-refractivity contribution < 1.29 is 0 Å². The molecule has 1 fully saturated rings. The molecule has 1 aromatic heterocycles. The Bertz CT molecular complexity index is 343. The van der Waals surface area contributed by atoms with E-state index < -0.39 is 0 Å².